The minimum absolute atomic E-state index is 0.0478. The minimum atomic E-state index is -4.31. The molecule has 0 amide bonds. The van der Waals surface area contributed by atoms with Crippen LogP contribution in [-0.2, 0) is 12.8 Å². The standard InChI is InChI=1S/C13H22F3N3O/c1-5-6-17-9(12(2,3)4)7-11-18-10(19-20-11)8-13(14,15)16/h9,17H,5-8H2,1-4H3. The van der Waals surface area contributed by atoms with Gasteiger partial charge < -0.3 is 9.84 Å². The Labute approximate surface area is 117 Å². The number of hydrogen-bond donors (Lipinski definition) is 1. The maximum Gasteiger partial charge on any atom is 0.396 e. The van der Waals surface area contributed by atoms with Crippen LogP contribution in [-0.4, -0.2) is 28.9 Å². The Morgan fingerprint density at radius 1 is 1.25 bits per heavy atom. The third kappa shape index (κ3) is 5.90. The van der Waals surface area contributed by atoms with Crippen LogP contribution >= 0.6 is 0 Å². The van der Waals surface area contributed by atoms with Gasteiger partial charge in [0, 0.05) is 12.5 Å². The van der Waals surface area contributed by atoms with E-state index in [0.29, 0.717) is 6.42 Å². The summed E-state index contributed by atoms with van der Waals surface area (Å²) in [7, 11) is 0. The molecule has 0 aliphatic heterocycles. The molecular weight excluding hydrogens is 271 g/mol. The Balaban J connectivity index is 2.69. The summed E-state index contributed by atoms with van der Waals surface area (Å²) in [6, 6.07) is 0.0710. The summed E-state index contributed by atoms with van der Waals surface area (Å²) in [5, 5.41) is 6.75. The number of nitrogens with zero attached hydrogens (tertiary/aromatic N) is 2. The molecule has 1 aromatic rings. The molecule has 0 aliphatic carbocycles. The smallest absolute Gasteiger partial charge is 0.339 e. The summed E-state index contributed by atoms with van der Waals surface area (Å²) in [4.78, 5) is 3.82. The highest BCUT2D eigenvalue weighted by Gasteiger charge is 2.31. The maximum atomic E-state index is 12.2. The minimum Gasteiger partial charge on any atom is -0.339 e. The number of aromatic nitrogens is 2. The first-order valence-electron chi connectivity index (χ1n) is 6.73. The quantitative estimate of drug-likeness (QED) is 0.875. The summed E-state index contributed by atoms with van der Waals surface area (Å²) in [6.07, 6.45) is -4.06. The first-order valence-corrected chi connectivity index (χ1v) is 6.73. The molecule has 0 fully saturated rings. The molecule has 1 aromatic heterocycles. The molecule has 4 nitrogen and oxygen atoms in total. The molecule has 0 saturated carbocycles. The van der Waals surface area contributed by atoms with E-state index in [4.69, 9.17) is 4.52 Å². The highest BCUT2D eigenvalue weighted by atomic mass is 19.4. The van der Waals surface area contributed by atoms with Crippen LogP contribution in [0.5, 0.6) is 0 Å². The van der Waals surface area contributed by atoms with Gasteiger partial charge in [-0.25, -0.2) is 0 Å². The van der Waals surface area contributed by atoms with Gasteiger partial charge in [-0.3, -0.25) is 0 Å². The highest BCUT2D eigenvalue weighted by molar-refractivity contribution is 4.94. The number of rotatable bonds is 6. The van der Waals surface area contributed by atoms with Crippen LogP contribution in [0.2, 0.25) is 0 Å². The number of hydrogen-bond acceptors (Lipinski definition) is 4. The Kier molecular flexibility index (Phi) is 5.56. The van der Waals surface area contributed by atoms with E-state index in [9.17, 15) is 13.2 Å². The lowest BCUT2D eigenvalue weighted by Crippen LogP contribution is -2.42. The van der Waals surface area contributed by atoms with Crippen LogP contribution in [0.25, 0.3) is 0 Å². The Hall–Kier alpha value is -1.11. The van der Waals surface area contributed by atoms with Crippen LogP contribution in [0.4, 0.5) is 13.2 Å². The predicted octanol–water partition coefficient (Wildman–Crippen LogP) is 3.13. The second-order valence-corrected chi connectivity index (χ2v) is 5.97. The van der Waals surface area contributed by atoms with E-state index >= 15 is 0 Å². The van der Waals surface area contributed by atoms with Crippen LogP contribution < -0.4 is 5.32 Å². The fraction of sp³-hybridized carbons (Fsp3) is 0.846. The summed E-state index contributed by atoms with van der Waals surface area (Å²) in [6.45, 7) is 9.08. The van der Waals surface area contributed by atoms with E-state index in [2.05, 4.69) is 43.2 Å². The second kappa shape index (κ2) is 6.56. The molecule has 7 heteroatoms. The molecule has 0 saturated heterocycles. The van der Waals surface area contributed by atoms with E-state index in [0.717, 1.165) is 13.0 Å². The van der Waals surface area contributed by atoms with Crippen molar-refractivity contribution in [1.29, 1.82) is 0 Å². The van der Waals surface area contributed by atoms with Gasteiger partial charge in [-0.2, -0.15) is 18.2 Å². The zero-order chi connectivity index (χ0) is 15.4. The van der Waals surface area contributed by atoms with E-state index in [-0.39, 0.29) is 23.2 Å². The topological polar surface area (TPSA) is 51.0 Å². The van der Waals surface area contributed by atoms with Crippen molar-refractivity contribution in [3.63, 3.8) is 0 Å². The SMILES string of the molecule is CCCNC(Cc1nc(CC(F)(F)F)no1)C(C)(C)C. The van der Waals surface area contributed by atoms with Crippen molar-refractivity contribution < 1.29 is 17.7 Å². The van der Waals surface area contributed by atoms with Gasteiger partial charge in [0.25, 0.3) is 0 Å². The third-order valence-corrected chi connectivity index (χ3v) is 2.93. The molecule has 0 aromatic carbocycles. The van der Waals surface area contributed by atoms with Gasteiger partial charge in [0.05, 0.1) is 0 Å². The van der Waals surface area contributed by atoms with Gasteiger partial charge in [0.2, 0.25) is 5.89 Å². The van der Waals surface area contributed by atoms with Gasteiger partial charge in [-0.15, -0.1) is 0 Å². The van der Waals surface area contributed by atoms with Crippen molar-refractivity contribution in [3.8, 4) is 0 Å². The summed E-state index contributed by atoms with van der Waals surface area (Å²) in [5.41, 5.74) is -0.0478. The van der Waals surface area contributed by atoms with E-state index in [1.807, 2.05) is 0 Å². The van der Waals surface area contributed by atoms with Gasteiger partial charge in [0.15, 0.2) is 5.82 Å². The molecule has 20 heavy (non-hydrogen) atoms. The highest BCUT2D eigenvalue weighted by Crippen LogP contribution is 2.23. The van der Waals surface area contributed by atoms with Gasteiger partial charge in [-0.05, 0) is 18.4 Å². The van der Waals surface area contributed by atoms with Gasteiger partial charge in [0.1, 0.15) is 6.42 Å². The number of alkyl halides is 3. The van der Waals surface area contributed by atoms with E-state index in [1.54, 1.807) is 0 Å². The molecule has 116 valence electrons. The number of halogens is 3. The van der Waals surface area contributed by atoms with Crippen molar-refractivity contribution in [2.75, 3.05) is 6.54 Å². The maximum absolute atomic E-state index is 12.2. The summed E-state index contributed by atoms with van der Waals surface area (Å²) >= 11 is 0. The van der Waals surface area contributed by atoms with Crippen LogP contribution in [0.3, 0.4) is 0 Å². The van der Waals surface area contributed by atoms with Crippen LogP contribution in [0, 0.1) is 5.41 Å². The fourth-order valence-electron chi connectivity index (χ4n) is 1.80. The lowest BCUT2D eigenvalue weighted by molar-refractivity contribution is -0.128. The zero-order valence-electron chi connectivity index (χ0n) is 12.3. The van der Waals surface area contributed by atoms with Gasteiger partial charge in [-0.1, -0.05) is 32.9 Å². The largest absolute Gasteiger partial charge is 0.396 e. The van der Waals surface area contributed by atoms with E-state index < -0.39 is 12.6 Å². The molecule has 0 aliphatic rings. The monoisotopic (exact) mass is 293 g/mol. The summed E-state index contributed by atoms with van der Waals surface area (Å²) in [5.74, 6) is -0.0663. The first kappa shape index (κ1) is 16.9. The van der Waals surface area contributed by atoms with Crippen molar-refractivity contribution in [3.05, 3.63) is 11.7 Å². The van der Waals surface area contributed by atoms with Crippen molar-refractivity contribution >= 4 is 0 Å². The molecule has 0 radical (unpaired) electrons. The molecule has 0 spiro atoms. The zero-order valence-corrected chi connectivity index (χ0v) is 12.3. The molecule has 0 bridgehead atoms. The Morgan fingerprint density at radius 3 is 2.40 bits per heavy atom. The van der Waals surface area contributed by atoms with Crippen molar-refractivity contribution in [2.45, 2.75) is 59.2 Å². The molecular formula is C13H22F3N3O. The Bertz CT molecular complexity index is 410. The molecule has 1 rings (SSSR count). The summed E-state index contributed by atoms with van der Waals surface area (Å²) < 4.78 is 41.6. The first-order chi connectivity index (χ1) is 9.12. The van der Waals surface area contributed by atoms with Crippen LogP contribution in [0.15, 0.2) is 4.52 Å². The number of nitrogens with one attached hydrogen (secondary N) is 1. The van der Waals surface area contributed by atoms with E-state index in [1.165, 1.54) is 0 Å². The van der Waals surface area contributed by atoms with Crippen LogP contribution in [0.1, 0.15) is 45.8 Å². The average Bonchev–Trinajstić information content (AvgIpc) is 2.67. The van der Waals surface area contributed by atoms with Crippen molar-refractivity contribution in [1.82, 2.24) is 15.5 Å². The van der Waals surface area contributed by atoms with Crippen molar-refractivity contribution in [2.24, 2.45) is 5.41 Å². The molecule has 1 unspecified atom stereocenters. The lowest BCUT2D eigenvalue weighted by atomic mass is 9.84. The second-order valence-electron chi connectivity index (χ2n) is 5.97. The molecule has 1 N–H and O–H groups in total. The fourth-order valence-corrected chi connectivity index (χ4v) is 1.80. The molecule has 1 atom stereocenters. The normalized spacial score (nSPS) is 14.6. The Morgan fingerprint density at radius 2 is 1.90 bits per heavy atom. The van der Waals surface area contributed by atoms with Gasteiger partial charge >= 0.3 is 6.18 Å². The third-order valence-electron chi connectivity index (χ3n) is 2.93. The lowest BCUT2D eigenvalue weighted by Gasteiger charge is -2.30. The predicted molar refractivity (Wildman–Crippen MR) is 69.3 cm³/mol. The molecule has 1 heterocycles. The average molecular weight is 293 g/mol.